The molecular weight excluding hydrogens is 512 g/mol. The summed E-state index contributed by atoms with van der Waals surface area (Å²) in [6.45, 7) is 9.75. The van der Waals surface area contributed by atoms with Crippen LogP contribution in [0.3, 0.4) is 0 Å². The number of aliphatic imine (C=N–C) groups is 1. The van der Waals surface area contributed by atoms with Crippen LogP contribution in [-0.2, 0) is 19.1 Å². The standard InChI is InChI=1S/C30H38N4O6/c1-20-5-10-24-23(19-20)26(36)30(38)12-14-34(27(30)33-24)22-8-6-21(7-9-22)32-25(35)11-15-39-17-18-40-16-13-31-28(37)29(2,3)4/h5-10,19,38H,11-18H2,1-4H3,(H,31,37)(H,32,35). The minimum Gasteiger partial charge on any atom is -0.379 e. The van der Waals surface area contributed by atoms with Crippen LogP contribution < -0.4 is 15.5 Å². The van der Waals surface area contributed by atoms with Gasteiger partial charge in [0.1, 0.15) is 5.84 Å². The molecule has 2 aliphatic heterocycles. The van der Waals surface area contributed by atoms with Gasteiger partial charge in [0.2, 0.25) is 17.6 Å². The van der Waals surface area contributed by atoms with Crippen molar-refractivity contribution in [1.29, 1.82) is 0 Å². The minimum atomic E-state index is -1.64. The molecule has 4 rings (SSSR count). The van der Waals surface area contributed by atoms with Gasteiger partial charge >= 0.3 is 0 Å². The maximum absolute atomic E-state index is 13.1. The first-order valence-electron chi connectivity index (χ1n) is 13.6. The van der Waals surface area contributed by atoms with E-state index >= 15 is 0 Å². The lowest BCUT2D eigenvalue weighted by molar-refractivity contribution is -0.128. The Morgan fingerprint density at radius 3 is 2.45 bits per heavy atom. The number of amides is 2. The average Bonchev–Trinajstić information content (AvgIpc) is 3.25. The molecule has 2 amide bonds. The summed E-state index contributed by atoms with van der Waals surface area (Å²) in [4.78, 5) is 43.7. The molecule has 1 fully saturated rings. The number of aliphatic hydroxyl groups is 1. The minimum absolute atomic E-state index is 0.0208. The van der Waals surface area contributed by atoms with Crippen LogP contribution in [0.25, 0.3) is 0 Å². The number of hydrogen-bond acceptors (Lipinski definition) is 8. The number of nitrogens with one attached hydrogen (secondary N) is 2. The highest BCUT2D eigenvalue weighted by atomic mass is 16.5. The number of hydrogen-bond donors (Lipinski definition) is 3. The molecule has 40 heavy (non-hydrogen) atoms. The summed E-state index contributed by atoms with van der Waals surface area (Å²) in [5.41, 5.74) is 1.29. The van der Waals surface area contributed by atoms with Crippen molar-refractivity contribution in [3.05, 3.63) is 53.6 Å². The van der Waals surface area contributed by atoms with Crippen LogP contribution in [0, 0.1) is 12.3 Å². The van der Waals surface area contributed by atoms with Crippen LogP contribution in [0.4, 0.5) is 17.1 Å². The summed E-state index contributed by atoms with van der Waals surface area (Å²) in [5.74, 6) is -0.182. The zero-order valence-corrected chi connectivity index (χ0v) is 23.6. The second kappa shape index (κ2) is 12.3. The molecule has 1 saturated heterocycles. The largest absolute Gasteiger partial charge is 0.379 e. The Hall–Kier alpha value is -3.60. The molecule has 3 N–H and O–H groups in total. The molecule has 0 saturated carbocycles. The first-order chi connectivity index (χ1) is 19.0. The fraction of sp³-hybridized carbons (Fsp3) is 0.467. The summed E-state index contributed by atoms with van der Waals surface area (Å²) in [6.07, 6.45) is 0.454. The topological polar surface area (TPSA) is 130 Å². The number of rotatable bonds is 11. The van der Waals surface area contributed by atoms with Crippen LogP contribution in [0.1, 0.15) is 49.5 Å². The van der Waals surface area contributed by atoms with Gasteiger partial charge in [-0.3, -0.25) is 14.4 Å². The maximum atomic E-state index is 13.1. The highest BCUT2D eigenvalue weighted by Gasteiger charge is 2.52. The SMILES string of the molecule is Cc1ccc2c(c1)C(=O)C1(O)CCN(c3ccc(NC(=O)CCOCCOCCNC(=O)C(C)(C)C)cc3)C1=N2. The number of carbonyl (C=O) groups excluding carboxylic acids is 3. The zero-order chi connectivity index (χ0) is 28.9. The van der Waals surface area contributed by atoms with Crippen molar-refractivity contribution >= 4 is 40.5 Å². The van der Waals surface area contributed by atoms with Crippen molar-refractivity contribution in [3.63, 3.8) is 0 Å². The van der Waals surface area contributed by atoms with Gasteiger partial charge in [0.25, 0.3) is 0 Å². The number of fused-ring (bicyclic) bond motifs is 2. The average molecular weight is 551 g/mol. The molecular formula is C30H38N4O6. The molecule has 0 bridgehead atoms. The molecule has 214 valence electrons. The summed E-state index contributed by atoms with van der Waals surface area (Å²) in [5, 5.41) is 16.9. The Morgan fingerprint density at radius 1 is 1.05 bits per heavy atom. The molecule has 1 atom stereocenters. The molecule has 0 aliphatic carbocycles. The van der Waals surface area contributed by atoms with E-state index in [1.165, 1.54) is 0 Å². The van der Waals surface area contributed by atoms with Crippen LogP contribution in [0.15, 0.2) is 47.5 Å². The third-order valence-corrected chi connectivity index (χ3v) is 6.84. The van der Waals surface area contributed by atoms with E-state index in [1.807, 2.05) is 50.8 Å². The lowest BCUT2D eigenvalue weighted by Gasteiger charge is -2.29. The lowest BCUT2D eigenvalue weighted by atomic mass is 9.87. The number of benzene rings is 2. The Bertz CT molecular complexity index is 1280. The van der Waals surface area contributed by atoms with Crippen molar-refractivity contribution in [3.8, 4) is 0 Å². The third kappa shape index (κ3) is 6.75. The van der Waals surface area contributed by atoms with Crippen LogP contribution in [-0.4, -0.2) is 73.7 Å². The van der Waals surface area contributed by atoms with E-state index in [0.29, 0.717) is 55.7 Å². The predicted molar refractivity (Wildman–Crippen MR) is 153 cm³/mol. The van der Waals surface area contributed by atoms with E-state index in [1.54, 1.807) is 24.3 Å². The molecule has 0 spiro atoms. The molecule has 0 aromatic heterocycles. The molecule has 10 heteroatoms. The van der Waals surface area contributed by atoms with Gasteiger partial charge in [-0.25, -0.2) is 4.99 Å². The van der Waals surface area contributed by atoms with Gasteiger partial charge < -0.3 is 30.1 Å². The van der Waals surface area contributed by atoms with Gasteiger partial charge in [-0.15, -0.1) is 0 Å². The second-order valence-corrected chi connectivity index (χ2v) is 11.1. The van der Waals surface area contributed by atoms with Gasteiger partial charge in [-0.2, -0.15) is 0 Å². The van der Waals surface area contributed by atoms with Crippen LogP contribution in [0.2, 0.25) is 0 Å². The Morgan fingerprint density at radius 2 is 1.75 bits per heavy atom. The van der Waals surface area contributed by atoms with Gasteiger partial charge in [0.15, 0.2) is 5.60 Å². The van der Waals surface area contributed by atoms with E-state index in [9.17, 15) is 19.5 Å². The summed E-state index contributed by atoms with van der Waals surface area (Å²) < 4.78 is 10.9. The third-order valence-electron chi connectivity index (χ3n) is 6.84. The highest BCUT2D eigenvalue weighted by Crippen LogP contribution is 2.39. The summed E-state index contributed by atoms with van der Waals surface area (Å²) in [7, 11) is 0. The van der Waals surface area contributed by atoms with Crippen molar-refractivity contribution < 1.29 is 29.0 Å². The summed E-state index contributed by atoms with van der Waals surface area (Å²) >= 11 is 0. The van der Waals surface area contributed by atoms with Crippen molar-refractivity contribution in [2.45, 2.75) is 46.1 Å². The molecule has 0 radical (unpaired) electrons. The number of nitrogens with zero attached hydrogens (tertiary/aromatic N) is 2. The second-order valence-electron chi connectivity index (χ2n) is 11.1. The van der Waals surface area contributed by atoms with E-state index in [-0.39, 0.29) is 37.0 Å². The number of ketones is 1. The van der Waals surface area contributed by atoms with Crippen molar-refractivity contribution in [2.24, 2.45) is 10.4 Å². The Balaban J connectivity index is 1.20. The Labute approximate surface area is 234 Å². The lowest BCUT2D eigenvalue weighted by Crippen LogP contribution is -2.48. The highest BCUT2D eigenvalue weighted by molar-refractivity contribution is 6.28. The number of Topliss-reactive ketones (excluding diaryl/α,β-unsaturated/α-hetero) is 1. The smallest absolute Gasteiger partial charge is 0.226 e. The van der Waals surface area contributed by atoms with Crippen LogP contribution >= 0.6 is 0 Å². The normalized spacial score (nSPS) is 18.2. The van der Waals surface area contributed by atoms with Crippen LogP contribution in [0.5, 0.6) is 0 Å². The van der Waals surface area contributed by atoms with Gasteiger partial charge in [-0.1, -0.05) is 32.4 Å². The van der Waals surface area contributed by atoms with E-state index in [0.717, 1.165) is 11.3 Å². The molecule has 1 unspecified atom stereocenters. The Kier molecular flexibility index (Phi) is 9.02. The monoisotopic (exact) mass is 550 g/mol. The van der Waals surface area contributed by atoms with Crippen molar-refractivity contribution in [1.82, 2.24) is 5.32 Å². The van der Waals surface area contributed by atoms with E-state index < -0.39 is 11.0 Å². The van der Waals surface area contributed by atoms with Gasteiger partial charge in [0, 0.05) is 41.9 Å². The number of aryl methyl sites for hydroxylation is 1. The fourth-order valence-electron chi connectivity index (χ4n) is 4.54. The first-order valence-corrected chi connectivity index (χ1v) is 13.6. The molecule has 2 aromatic rings. The number of anilines is 2. The quantitative estimate of drug-likeness (QED) is 0.366. The molecule has 2 aromatic carbocycles. The molecule has 10 nitrogen and oxygen atoms in total. The first kappa shape index (κ1) is 29.4. The van der Waals surface area contributed by atoms with E-state index in [4.69, 9.17) is 9.47 Å². The van der Waals surface area contributed by atoms with Gasteiger partial charge in [0.05, 0.1) is 38.5 Å². The number of ether oxygens (including phenoxy) is 2. The van der Waals surface area contributed by atoms with E-state index in [2.05, 4.69) is 15.6 Å². The van der Waals surface area contributed by atoms with Crippen molar-refractivity contribution in [2.75, 3.05) is 49.7 Å². The van der Waals surface area contributed by atoms with Gasteiger partial charge in [-0.05, 0) is 43.3 Å². The predicted octanol–water partition coefficient (Wildman–Crippen LogP) is 3.39. The zero-order valence-electron chi connectivity index (χ0n) is 23.6. The number of amidine groups is 1. The molecule has 2 heterocycles. The molecule has 2 aliphatic rings. The maximum Gasteiger partial charge on any atom is 0.226 e. The fourth-order valence-corrected chi connectivity index (χ4v) is 4.54. The summed E-state index contributed by atoms with van der Waals surface area (Å²) in [6, 6.07) is 12.7. The number of carbonyl (C=O) groups is 3.